The van der Waals surface area contributed by atoms with Gasteiger partial charge in [0.2, 0.25) is 5.91 Å². The SMILES string of the molecule is CCCNC(=O)C1COCCN1CC(N)C(=O)O. The first kappa shape index (κ1) is 14.9. The molecule has 1 amide bonds. The first-order valence-electron chi connectivity index (χ1n) is 6.14. The minimum Gasteiger partial charge on any atom is -0.480 e. The van der Waals surface area contributed by atoms with E-state index in [-0.39, 0.29) is 19.1 Å². The molecule has 0 aromatic carbocycles. The summed E-state index contributed by atoms with van der Waals surface area (Å²) in [5.74, 6) is -1.19. The number of carboxylic acids is 1. The second-order valence-corrected chi connectivity index (χ2v) is 4.32. The minimum atomic E-state index is -1.06. The zero-order valence-electron chi connectivity index (χ0n) is 10.6. The zero-order valence-corrected chi connectivity index (χ0v) is 10.6. The lowest BCUT2D eigenvalue weighted by Crippen LogP contribution is -2.57. The predicted octanol–water partition coefficient (Wildman–Crippen LogP) is -1.37. The van der Waals surface area contributed by atoms with E-state index in [1.165, 1.54) is 0 Å². The summed E-state index contributed by atoms with van der Waals surface area (Å²) in [6.45, 7) is 4.02. The van der Waals surface area contributed by atoms with Crippen molar-refractivity contribution in [2.24, 2.45) is 5.73 Å². The molecular formula is C11H21N3O4. The number of carboxylic acid groups (broad SMARTS) is 1. The second kappa shape index (κ2) is 7.30. The largest absolute Gasteiger partial charge is 0.480 e. The highest BCUT2D eigenvalue weighted by Gasteiger charge is 2.31. The van der Waals surface area contributed by atoms with Crippen LogP contribution < -0.4 is 11.1 Å². The van der Waals surface area contributed by atoms with Crippen molar-refractivity contribution in [2.75, 3.05) is 32.8 Å². The number of carbonyl (C=O) groups is 2. The summed E-state index contributed by atoms with van der Waals surface area (Å²) in [5.41, 5.74) is 5.50. The van der Waals surface area contributed by atoms with Crippen molar-refractivity contribution in [2.45, 2.75) is 25.4 Å². The van der Waals surface area contributed by atoms with Gasteiger partial charge in [-0.15, -0.1) is 0 Å². The van der Waals surface area contributed by atoms with E-state index >= 15 is 0 Å². The first-order valence-corrected chi connectivity index (χ1v) is 6.14. The number of morpholine rings is 1. The Labute approximate surface area is 106 Å². The number of aliphatic carboxylic acids is 1. The molecule has 1 aliphatic heterocycles. The van der Waals surface area contributed by atoms with Crippen LogP contribution in [0.25, 0.3) is 0 Å². The molecule has 2 atom stereocenters. The summed E-state index contributed by atoms with van der Waals surface area (Å²) in [5, 5.41) is 11.6. The van der Waals surface area contributed by atoms with Crippen molar-refractivity contribution < 1.29 is 19.4 Å². The van der Waals surface area contributed by atoms with E-state index in [1.807, 2.05) is 6.92 Å². The van der Waals surface area contributed by atoms with Crippen LogP contribution in [0.3, 0.4) is 0 Å². The average Bonchev–Trinajstić information content (AvgIpc) is 2.36. The van der Waals surface area contributed by atoms with Gasteiger partial charge in [0.05, 0.1) is 13.2 Å². The molecule has 0 aromatic rings. The number of nitrogens with one attached hydrogen (secondary N) is 1. The molecule has 0 bridgehead atoms. The van der Waals surface area contributed by atoms with Gasteiger partial charge in [-0.3, -0.25) is 14.5 Å². The first-order chi connectivity index (χ1) is 8.56. The van der Waals surface area contributed by atoms with Crippen LogP contribution >= 0.6 is 0 Å². The number of nitrogens with zero attached hydrogens (tertiary/aromatic N) is 1. The summed E-state index contributed by atoms with van der Waals surface area (Å²) < 4.78 is 5.26. The van der Waals surface area contributed by atoms with E-state index < -0.39 is 18.1 Å². The van der Waals surface area contributed by atoms with Gasteiger partial charge in [0, 0.05) is 19.6 Å². The topological polar surface area (TPSA) is 105 Å². The van der Waals surface area contributed by atoms with Gasteiger partial charge >= 0.3 is 5.97 Å². The Morgan fingerprint density at radius 3 is 2.94 bits per heavy atom. The van der Waals surface area contributed by atoms with Gasteiger partial charge in [0.1, 0.15) is 12.1 Å². The number of hydrogen-bond donors (Lipinski definition) is 3. The molecule has 4 N–H and O–H groups in total. The van der Waals surface area contributed by atoms with Crippen molar-refractivity contribution in [3.63, 3.8) is 0 Å². The molecule has 1 rings (SSSR count). The third kappa shape index (κ3) is 4.25. The molecule has 0 aromatic heterocycles. The van der Waals surface area contributed by atoms with Gasteiger partial charge in [-0.2, -0.15) is 0 Å². The Kier molecular flexibility index (Phi) is 6.03. The number of ether oxygens (including phenoxy) is 1. The third-order valence-corrected chi connectivity index (χ3v) is 2.84. The summed E-state index contributed by atoms with van der Waals surface area (Å²) in [7, 11) is 0. The molecule has 7 nitrogen and oxygen atoms in total. The molecule has 0 spiro atoms. The predicted molar refractivity (Wildman–Crippen MR) is 65.1 cm³/mol. The number of carbonyl (C=O) groups excluding carboxylic acids is 1. The van der Waals surface area contributed by atoms with Crippen molar-refractivity contribution >= 4 is 11.9 Å². The summed E-state index contributed by atoms with van der Waals surface area (Å²) >= 11 is 0. The van der Waals surface area contributed by atoms with E-state index in [2.05, 4.69) is 5.32 Å². The molecule has 1 fully saturated rings. The highest BCUT2D eigenvalue weighted by Crippen LogP contribution is 2.07. The van der Waals surface area contributed by atoms with Crippen LogP contribution in [0.1, 0.15) is 13.3 Å². The van der Waals surface area contributed by atoms with Gasteiger partial charge < -0.3 is 20.9 Å². The van der Waals surface area contributed by atoms with E-state index in [4.69, 9.17) is 15.6 Å². The van der Waals surface area contributed by atoms with Crippen LogP contribution in [0, 0.1) is 0 Å². The summed E-state index contributed by atoms with van der Waals surface area (Å²) in [4.78, 5) is 24.4. The lowest BCUT2D eigenvalue weighted by molar-refractivity contribution is -0.142. The molecule has 1 heterocycles. The molecule has 1 aliphatic rings. The molecule has 1 saturated heterocycles. The van der Waals surface area contributed by atoms with Gasteiger partial charge in [-0.05, 0) is 6.42 Å². The Balaban J connectivity index is 2.56. The lowest BCUT2D eigenvalue weighted by atomic mass is 10.1. The Hall–Kier alpha value is -1.18. The fourth-order valence-electron chi connectivity index (χ4n) is 1.79. The van der Waals surface area contributed by atoms with Crippen LogP contribution in [-0.4, -0.2) is 66.8 Å². The van der Waals surface area contributed by atoms with Crippen LogP contribution in [0.15, 0.2) is 0 Å². The highest BCUT2D eigenvalue weighted by molar-refractivity contribution is 5.82. The molecule has 0 saturated carbocycles. The normalized spacial score (nSPS) is 22.4. The van der Waals surface area contributed by atoms with Crippen LogP contribution in [0.2, 0.25) is 0 Å². The summed E-state index contributed by atoms with van der Waals surface area (Å²) in [6.07, 6.45) is 0.855. The van der Waals surface area contributed by atoms with Gasteiger partial charge in [0.15, 0.2) is 0 Å². The maximum atomic E-state index is 11.9. The maximum absolute atomic E-state index is 11.9. The number of amides is 1. The molecule has 0 radical (unpaired) electrons. The summed E-state index contributed by atoms with van der Waals surface area (Å²) in [6, 6.07) is -1.43. The third-order valence-electron chi connectivity index (χ3n) is 2.84. The smallest absolute Gasteiger partial charge is 0.321 e. The number of hydrogen-bond acceptors (Lipinski definition) is 5. The minimum absolute atomic E-state index is 0.130. The van der Waals surface area contributed by atoms with Crippen LogP contribution in [-0.2, 0) is 14.3 Å². The monoisotopic (exact) mass is 259 g/mol. The van der Waals surface area contributed by atoms with E-state index in [0.717, 1.165) is 6.42 Å². The van der Waals surface area contributed by atoms with E-state index in [9.17, 15) is 9.59 Å². The Bertz CT molecular complexity index is 298. The van der Waals surface area contributed by atoms with Crippen molar-refractivity contribution in [1.82, 2.24) is 10.2 Å². The maximum Gasteiger partial charge on any atom is 0.321 e. The van der Waals surface area contributed by atoms with Crippen molar-refractivity contribution in [1.29, 1.82) is 0 Å². The fraction of sp³-hybridized carbons (Fsp3) is 0.818. The van der Waals surface area contributed by atoms with Crippen molar-refractivity contribution in [3.05, 3.63) is 0 Å². The lowest BCUT2D eigenvalue weighted by Gasteiger charge is -2.35. The molecular weight excluding hydrogens is 238 g/mol. The van der Waals surface area contributed by atoms with Gasteiger partial charge in [0.25, 0.3) is 0 Å². The Morgan fingerprint density at radius 2 is 2.33 bits per heavy atom. The van der Waals surface area contributed by atoms with Crippen LogP contribution in [0.5, 0.6) is 0 Å². The van der Waals surface area contributed by atoms with E-state index in [0.29, 0.717) is 19.7 Å². The van der Waals surface area contributed by atoms with Gasteiger partial charge in [-0.1, -0.05) is 6.92 Å². The van der Waals surface area contributed by atoms with Crippen molar-refractivity contribution in [3.8, 4) is 0 Å². The standard InChI is InChI=1S/C11H21N3O4/c1-2-3-13-10(15)9-7-18-5-4-14(9)6-8(12)11(16)17/h8-9H,2-7,12H2,1H3,(H,13,15)(H,16,17). The zero-order chi connectivity index (χ0) is 13.5. The van der Waals surface area contributed by atoms with E-state index in [1.54, 1.807) is 4.90 Å². The molecule has 0 aliphatic carbocycles. The second-order valence-electron chi connectivity index (χ2n) is 4.32. The van der Waals surface area contributed by atoms with Gasteiger partial charge in [-0.25, -0.2) is 0 Å². The highest BCUT2D eigenvalue weighted by atomic mass is 16.5. The molecule has 104 valence electrons. The molecule has 2 unspecified atom stereocenters. The Morgan fingerprint density at radius 1 is 1.61 bits per heavy atom. The molecule has 7 heteroatoms. The number of rotatable bonds is 6. The van der Waals surface area contributed by atoms with Crippen LogP contribution in [0.4, 0.5) is 0 Å². The quantitative estimate of drug-likeness (QED) is 0.543. The fourth-order valence-corrected chi connectivity index (χ4v) is 1.79. The molecule has 18 heavy (non-hydrogen) atoms. The number of nitrogens with two attached hydrogens (primary N) is 1. The average molecular weight is 259 g/mol.